The van der Waals surface area contributed by atoms with Crippen molar-refractivity contribution in [2.45, 2.75) is 6.42 Å². The highest BCUT2D eigenvalue weighted by Gasteiger charge is 2.17. The van der Waals surface area contributed by atoms with Crippen LogP contribution in [0.25, 0.3) is 22.0 Å². The van der Waals surface area contributed by atoms with Gasteiger partial charge in [-0.2, -0.15) is 0 Å². The van der Waals surface area contributed by atoms with E-state index >= 15 is 0 Å². The van der Waals surface area contributed by atoms with Crippen LogP contribution in [0.4, 0.5) is 5.82 Å². The lowest BCUT2D eigenvalue weighted by molar-refractivity contribution is 0.187. The average Bonchev–Trinajstić information content (AvgIpc) is 3.14. The van der Waals surface area contributed by atoms with Crippen LogP contribution in [0.1, 0.15) is 6.42 Å². The molecule has 1 unspecified atom stereocenters. The van der Waals surface area contributed by atoms with Gasteiger partial charge in [0.05, 0.1) is 6.61 Å². The van der Waals surface area contributed by atoms with Crippen molar-refractivity contribution in [2.75, 3.05) is 25.1 Å². The summed E-state index contributed by atoms with van der Waals surface area (Å²) in [6.07, 6.45) is 1.10. The third kappa shape index (κ3) is 3.07. The largest absolute Gasteiger partial charge is 0.381 e. The molecule has 1 aliphatic rings. The number of anilines is 1. The normalized spacial score (nSPS) is 17.3. The minimum atomic E-state index is 0.543. The zero-order chi connectivity index (χ0) is 16.4. The maximum atomic E-state index is 5.99. The fourth-order valence-electron chi connectivity index (χ4n) is 3.04. The van der Waals surface area contributed by atoms with Crippen molar-refractivity contribution in [2.24, 2.45) is 5.92 Å². The van der Waals surface area contributed by atoms with Gasteiger partial charge in [-0.05, 0) is 18.6 Å². The lowest BCUT2D eigenvalue weighted by Gasteiger charge is -2.13. The van der Waals surface area contributed by atoms with Crippen LogP contribution in [-0.4, -0.2) is 30.0 Å². The monoisotopic (exact) mass is 339 g/mol. The number of nitrogens with one attached hydrogen (secondary N) is 1. The maximum Gasteiger partial charge on any atom is 0.156 e. The third-order valence-corrected chi connectivity index (χ3v) is 4.64. The number of rotatable bonds is 4. The van der Waals surface area contributed by atoms with Gasteiger partial charge in [-0.1, -0.05) is 48.0 Å². The Labute approximate surface area is 145 Å². The Kier molecular flexibility index (Phi) is 4.32. The molecule has 0 amide bonds. The summed E-state index contributed by atoms with van der Waals surface area (Å²) in [5.41, 5.74) is 1.89. The number of hydrogen-bond acceptors (Lipinski definition) is 4. The maximum absolute atomic E-state index is 5.99. The van der Waals surface area contributed by atoms with Crippen molar-refractivity contribution in [1.82, 2.24) is 10.2 Å². The summed E-state index contributed by atoms with van der Waals surface area (Å²) in [4.78, 5) is 0. The second kappa shape index (κ2) is 6.75. The standard InChI is InChI=1S/C19H18ClN3O/c20-15-7-5-14(6-8-15)18-16-3-1-2-4-17(16)19(23-22-18)21-11-13-9-10-24-12-13/h1-8,13H,9-12H2,(H,21,23). The first-order valence-electron chi connectivity index (χ1n) is 8.14. The van der Waals surface area contributed by atoms with E-state index in [9.17, 15) is 0 Å². The van der Waals surface area contributed by atoms with Gasteiger partial charge in [0.15, 0.2) is 5.82 Å². The van der Waals surface area contributed by atoms with Gasteiger partial charge in [-0.15, -0.1) is 10.2 Å². The van der Waals surface area contributed by atoms with Gasteiger partial charge in [0.25, 0.3) is 0 Å². The number of hydrogen-bond donors (Lipinski definition) is 1. The van der Waals surface area contributed by atoms with Crippen molar-refractivity contribution < 1.29 is 4.74 Å². The van der Waals surface area contributed by atoms with E-state index in [2.05, 4.69) is 27.6 Å². The van der Waals surface area contributed by atoms with Crippen molar-refractivity contribution in [3.63, 3.8) is 0 Å². The summed E-state index contributed by atoms with van der Waals surface area (Å²) in [7, 11) is 0. The van der Waals surface area contributed by atoms with Gasteiger partial charge >= 0.3 is 0 Å². The Morgan fingerprint density at radius 2 is 1.83 bits per heavy atom. The number of ether oxygens (including phenoxy) is 1. The molecule has 0 saturated carbocycles. The molecule has 3 aromatic rings. The molecule has 1 fully saturated rings. The molecule has 4 nitrogen and oxygen atoms in total. The van der Waals surface area contributed by atoms with Crippen LogP contribution in [0, 0.1) is 5.92 Å². The molecule has 1 aliphatic heterocycles. The van der Waals surface area contributed by atoms with Crippen molar-refractivity contribution >= 4 is 28.2 Å². The van der Waals surface area contributed by atoms with Crippen LogP contribution in [0.2, 0.25) is 5.02 Å². The topological polar surface area (TPSA) is 47.0 Å². The Balaban J connectivity index is 1.70. The first-order chi connectivity index (χ1) is 11.8. The van der Waals surface area contributed by atoms with Crippen LogP contribution in [0.15, 0.2) is 48.5 Å². The predicted molar refractivity (Wildman–Crippen MR) is 97.4 cm³/mol. The van der Waals surface area contributed by atoms with E-state index in [1.165, 1.54) is 0 Å². The summed E-state index contributed by atoms with van der Waals surface area (Å²) in [6.45, 7) is 2.54. The Morgan fingerprint density at radius 1 is 1.04 bits per heavy atom. The molecule has 0 radical (unpaired) electrons. The van der Waals surface area contributed by atoms with Crippen LogP contribution < -0.4 is 5.32 Å². The number of nitrogens with zero attached hydrogens (tertiary/aromatic N) is 2. The molecule has 1 N–H and O–H groups in total. The highest BCUT2D eigenvalue weighted by molar-refractivity contribution is 6.30. The van der Waals surface area contributed by atoms with Crippen molar-refractivity contribution in [3.05, 3.63) is 53.6 Å². The molecule has 2 aromatic carbocycles. The highest BCUT2D eigenvalue weighted by atomic mass is 35.5. The molecular formula is C19H18ClN3O. The van der Waals surface area contributed by atoms with Crippen LogP contribution in [0.3, 0.4) is 0 Å². The van der Waals surface area contributed by atoms with E-state index in [0.29, 0.717) is 10.9 Å². The summed E-state index contributed by atoms with van der Waals surface area (Å²) < 4.78 is 5.43. The Hall–Kier alpha value is -2.17. The Bertz CT molecular complexity index is 845. The van der Waals surface area contributed by atoms with E-state index in [1.807, 2.05) is 36.4 Å². The van der Waals surface area contributed by atoms with Crippen molar-refractivity contribution in [1.29, 1.82) is 0 Å². The minimum Gasteiger partial charge on any atom is -0.381 e. The molecule has 5 heteroatoms. The summed E-state index contributed by atoms with van der Waals surface area (Å²) in [6, 6.07) is 15.9. The van der Waals surface area contributed by atoms with Gasteiger partial charge in [0.2, 0.25) is 0 Å². The number of benzene rings is 2. The fraction of sp³-hybridized carbons (Fsp3) is 0.263. The van der Waals surface area contributed by atoms with Gasteiger partial charge < -0.3 is 10.1 Å². The first kappa shape index (κ1) is 15.4. The first-order valence-corrected chi connectivity index (χ1v) is 8.52. The molecule has 1 saturated heterocycles. The van der Waals surface area contributed by atoms with E-state index in [1.54, 1.807) is 0 Å². The lowest BCUT2D eigenvalue weighted by Crippen LogP contribution is -2.15. The van der Waals surface area contributed by atoms with E-state index in [-0.39, 0.29) is 0 Å². The molecule has 0 bridgehead atoms. The summed E-state index contributed by atoms with van der Waals surface area (Å²) in [5, 5.41) is 15.2. The smallest absolute Gasteiger partial charge is 0.156 e. The zero-order valence-corrected chi connectivity index (χ0v) is 14.0. The molecule has 0 aliphatic carbocycles. The average molecular weight is 340 g/mol. The van der Waals surface area contributed by atoms with Gasteiger partial charge in [0, 0.05) is 40.4 Å². The van der Waals surface area contributed by atoms with E-state index < -0.39 is 0 Å². The van der Waals surface area contributed by atoms with E-state index in [4.69, 9.17) is 16.3 Å². The molecule has 1 aromatic heterocycles. The van der Waals surface area contributed by atoms with Crippen LogP contribution >= 0.6 is 11.6 Å². The summed E-state index contributed by atoms with van der Waals surface area (Å²) >= 11 is 5.99. The third-order valence-electron chi connectivity index (χ3n) is 4.39. The quantitative estimate of drug-likeness (QED) is 0.765. The molecular weight excluding hydrogens is 322 g/mol. The highest BCUT2D eigenvalue weighted by Crippen LogP contribution is 2.30. The van der Waals surface area contributed by atoms with Gasteiger partial charge in [-0.3, -0.25) is 0 Å². The second-order valence-electron chi connectivity index (χ2n) is 6.06. The molecule has 122 valence electrons. The minimum absolute atomic E-state index is 0.543. The Morgan fingerprint density at radius 3 is 2.58 bits per heavy atom. The van der Waals surface area contributed by atoms with Crippen LogP contribution in [0.5, 0.6) is 0 Å². The predicted octanol–water partition coefficient (Wildman–Crippen LogP) is 4.40. The molecule has 0 spiro atoms. The number of halogens is 1. The van der Waals surface area contributed by atoms with Gasteiger partial charge in [0.1, 0.15) is 5.69 Å². The molecule has 4 rings (SSSR count). The SMILES string of the molecule is Clc1ccc(-c2nnc(NCC3CCOC3)c3ccccc23)cc1. The summed E-state index contributed by atoms with van der Waals surface area (Å²) in [5.74, 6) is 1.37. The molecule has 2 heterocycles. The lowest BCUT2D eigenvalue weighted by atomic mass is 10.0. The molecule has 24 heavy (non-hydrogen) atoms. The van der Waals surface area contributed by atoms with Crippen molar-refractivity contribution in [3.8, 4) is 11.3 Å². The second-order valence-corrected chi connectivity index (χ2v) is 6.50. The molecule has 1 atom stereocenters. The number of fused-ring (bicyclic) bond motifs is 1. The van der Waals surface area contributed by atoms with Gasteiger partial charge in [-0.25, -0.2) is 0 Å². The van der Waals surface area contributed by atoms with Crippen LogP contribution in [-0.2, 0) is 4.74 Å². The van der Waals surface area contributed by atoms with E-state index in [0.717, 1.165) is 54.0 Å². The fourth-order valence-corrected chi connectivity index (χ4v) is 3.17. The number of aromatic nitrogens is 2. The zero-order valence-electron chi connectivity index (χ0n) is 13.2.